The summed E-state index contributed by atoms with van der Waals surface area (Å²) in [4.78, 5) is 19.1. The molecule has 2 aromatic heterocycles. The standard InChI is InChI=1S/C23H19N3O4S/c27-23(28)19(17-9-5-2-6-10-17)13-18-14-25-22-21(18)20(11-12-24-22)26-31(29,30)15-16-7-3-1-4-8-16/h1-14H,15H2,(H,27,28)(H2,24,25,26). The van der Waals surface area contributed by atoms with Gasteiger partial charge in [-0.3, -0.25) is 4.72 Å². The quantitative estimate of drug-likeness (QED) is 0.379. The molecule has 0 unspecified atom stereocenters. The predicted molar refractivity (Wildman–Crippen MR) is 121 cm³/mol. The van der Waals surface area contributed by atoms with E-state index in [-0.39, 0.29) is 11.3 Å². The van der Waals surface area contributed by atoms with Gasteiger partial charge in [0.25, 0.3) is 0 Å². The number of carboxylic acid groups (broad SMARTS) is 1. The van der Waals surface area contributed by atoms with Crippen LogP contribution in [-0.4, -0.2) is 29.5 Å². The molecule has 7 nitrogen and oxygen atoms in total. The molecular formula is C23H19N3O4S. The molecule has 2 aromatic carbocycles. The number of H-pyrrole nitrogens is 1. The number of nitrogens with zero attached hydrogens (tertiary/aromatic N) is 1. The van der Waals surface area contributed by atoms with Gasteiger partial charge in [-0.05, 0) is 23.3 Å². The van der Waals surface area contributed by atoms with E-state index in [4.69, 9.17) is 0 Å². The molecule has 0 aliphatic heterocycles. The number of carbonyl (C=O) groups is 1. The normalized spacial score (nSPS) is 12.1. The summed E-state index contributed by atoms with van der Waals surface area (Å²) in [7, 11) is -3.70. The van der Waals surface area contributed by atoms with E-state index in [2.05, 4.69) is 14.7 Å². The molecular weight excluding hydrogens is 414 g/mol. The van der Waals surface area contributed by atoms with E-state index in [1.165, 1.54) is 12.3 Å². The van der Waals surface area contributed by atoms with Gasteiger partial charge < -0.3 is 10.1 Å². The first-order valence-corrected chi connectivity index (χ1v) is 11.1. The fourth-order valence-electron chi connectivity index (χ4n) is 3.32. The summed E-state index contributed by atoms with van der Waals surface area (Å²) in [5.74, 6) is -1.27. The molecule has 0 amide bonds. The molecule has 4 aromatic rings. The minimum atomic E-state index is -3.70. The molecule has 2 heterocycles. The molecule has 0 saturated carbocycles. The van der Waals surface area contributed by atoms with Crippen molar-refractivity contribution >= 4 is 44.4 Å². The van der Waals surface area contributed by atoms with Crippen LogP contribution in [0.25, 0.3) is 22.7 Å². The molecule has 0 aliphatic rings. The lowest BCUT2D eigenvalue weighted by Crippen LogP contribution is -2.15. The molecule has 0 radical (unpaired) electrons. The third-order valence-corrected chi connectivity index (χ3v) is 5.93. The Morgan fingerprint density at radius 3 is 2.39 bits per heavy atom. The molecule has 156 valence electrons. The van der Waals surface area contributed by atoms with Gasteiger partial charge in [-0.25, -0.2) is 18.2 Å². The summed E-state index contributed by atoms with van der Waals surface area (Å²) >= 11 is 0. The number of aliphatic carboxylic acids is 1. The van der Waals surface area contributed by atoms with Gasteiger partial charge in [0.1, 0.15) is 5.65 Å². The van der Waals surface area contributed by atoms with Crippen LogP contribution in [0.1, 0.15) is 16.7 Å². The number of pyridine rings is 1. The van der Waals surface area contributed by atoms with Crippen molar-refractivity contribution in [1.82, 2.24) is 9.97 Å². The van der Waals surface area contributed by atoms with Crippen molar-refractivity contribution in [3.63, 3.8) is 0 Å². The summed E-state index contributed by atoms with van der Waals surface area (Å²) in [6.45, 7) is 0. The average Bonchev–Trinajstić information content (AvgIpc) is 3.16. The number of nitrogens with one attached hydrogen (secondary N) is 2. The van der Waals surface area contributed by atoms with Crippen molar-refractivity contribution in [2.24, 2.45) is 0 Å². The monoisotopic (exact) mass is 433 g/mol. The summed E-state index contributed by atoms with van der Waals surface area (Å²) in [6, 6.07) is 19.1. The van der Waals surface area contributed by atoms with Crippen LogP contribution in [0.3, 0.4) is 0 Å². The zero-order chi connectivity index (χ0) is 21.8. The molecule has 31 heavy (non-hydrogen) atoms. The van der Waals surface area contributed by atoms with Crippen molar-refractivity contribution < 1.29 is 18.3 Å². The van der Waals surface area contributed by atoms with Gasteiger partial charge in [0, 0.05) is 18.0 Å². The molecule has 8 heteroatoms. The zero-order valence-corrected chi connectivity index (χ0v) is 17.1. The van der Waals surface area contributed by atoms with Crippen LogP contribution in [-0.2, 0) is 20.6 Å². The zero-order valence-electron chi connectivity index (χ0n) is 16.3. The van der Waals surface area contributed by atoms with E-state index in [1.54, 1.807) is 66.9 Å². The molecule has 0 aliphatic carbocycles. The second-order valence-corrected chi connectivity index (χ2v) is 8.62. The number of hydrogen-bond donors (Lipinski definition) is 3. The van der Waals surface area contributed by atoms with Crippen LogP contribution < -0.4 is 4.72 Å². The Kier molecular flexibility index (Phi) is 5.55. The molecule has 3 N–H and O–H groups in total. The predicted octanol–water partition coefficient (Wildman–Crippen LogP) is 4.13. The Bertz CT molecular complexity index is 1360. The lowest BCUT2D eigenvalue weighted by Gasteiger charge is -2.10. The van der Waals surface area contributed by atoms with Crippen LogP contribution in [0.4, 0.5) is 5.69 Å². The summed E-state index contributed by atoms with van der Waals surface area (Å²) in [5.41, 5.74) is 2.58. The van der Waals surface area contributed by atoms with E-state index < -0.39 is 16.0 Å². The second-order valence-electron chi connectivity index (χ2n) is 6.90. The van der Waals surface area contributed by atoms with Crippen LogP contribution in [0.5, 0.6) is 0 Å². The van der Waals surface area contributed by atoms with Gasteiger partial charge >= 0.3 is 5.97 Å². The van der Waals surface area contributed by atoms with Gasteiger partial charge in [-0.2, -0.15) is 0 Å². The minimum absolute atomic E-state index is 0.0865. The van der Waals surface area contributed by atoms with Crippen molar-refractivity contribution in [2.75, 3.05) is 4.72 Å². The van der Waals surface area contributed by atoms with Crippen molar-refractivity contribution in [2.45, 2.75) is 5.75 Å². The number of aromatic amines is 1. The molecule has 0 spiro atoms. The maximum Gasteiger partial charge on any atom is 0.336 e. The first-order valence-electron chi connectivity index (χ1n) is 9.44. The maximum absolute atomic E-state index is 12.7. The second kappa shape index (κ2) is 8.45. The van der Waals surface area contributed by atoms with Gasteiger partial charge in [0.05, 0.1) is 22.4 Å². The number of aromatic nitrogens is 2. The van der Waals surface area contributed by atoms with Gasteiger partial charge in [-0.1, -0.05) is 60.7 Å². The maximum atomic E-state index is 12.7. The van der Waals surface area contributed by atoms with E-state index in [9.17, 15) is 18.3 Å². The largest absolute Gasteiger partial charge is 0.478 e. The third-order valence-electron chi connectivity index (χ3n) is 4.68. The van der Waals surface area contributed by atoms with E-state index >= 15 is 0 Å². The first kappa shape index (κ1) is 20.4. The molecule has 0 fully saturated rings. The average molecular weight is 433 g/mol. The Hall–Kier alpha value is -3.91. The number of carboxylic acids is 1. The lowest BCUT2D eigenvalue weighted by molar-refractivity contribution is -0.130. The number of benzene rings is 2. The van der Waals surface area contributed by atoms with Crippen LogP contribution in [0.15, 0.2) is 79.1 Å². The Morgan fingerprint density at radius 1 is 1.03 bits per heavy atom. The molecule has 0 saturated heterocycles. The summed E-state index contributed by atoms with van der Waals surface area (Å²) in [5, 5.41) is 10.2. The third kappa shape index (κ3) is 4.65. The molecule has 0 bridgehead atoms. The molecule has 4 rings (SSSR count). The van der Waals surface area contributed by atoms with Gasteiger partial charge in [-0.15, -0.1) is 0 Å². The fraction of sp³-hybridized carbons (Fsp3) is 0.0435. The highest BCUT2D eigenvalue weighted by Crippen LogP contribution is 2.30. The summed E-state index contributed by atoms with van der Waals surface area (Å²) in [6.07, 6.45) is 4.60. The molecule has 0 atom stereocenters. The SMILES string of the molecule is O=C(O)C(=Cc1c[nH]c2nccc(NS(=O)(=O)Cc3ccccc3)c12)c1ccccc1. The Morgan fingerprint density at radius 2 is 1.71 bits per heavy atom. The highest BCUT2D eigenvalue weighted by Gasteiger charge is 2.17. The van der Waals surface area contributed by atoms with Crippen LogP contribution in [0.2, 0.25) is 0 Å². The van der Waals surface area contributed by atoms with Crippen LogP contribution >= 0.6 is 0 Å². The fourth-order valence-corrected chi connectivity index (χ4v) is 4.53. The number of fused-ring (bicyclic) bond motifs is 1. The number of anilines is 1. The smallest absolute Gasteiger partial charge is 0.336 e. The van der Waals surface area contributed by atoms with E-state index in [1.807, 2.05) is 6.07 Å². The number of rotatable bonds is 7. The minimum Gasteiger partial charge on any atom is -0.478 e. The van der Waals surface area contributed by atoms with E-state index in [0.717, 1.165) is 0 Å². The number of sulfonamides is 1. The highest BCUT2D eigenvalue weighted by molar-refractivity contribution is 7.91. The first-order chi connectivity index (χ1) is 14.9. The van der Waals surface area contributed by atoms with Crippen molar-refractivity contribution in [3.05, 3.63) is 95.8 Å². The van der Waals surface area contributed by atoms with Gasteiger partial charge in [0.2, 0.25) is 10.0 Å². The number of hydrogen-bond acceptors (Lipinski definition) is 4. The summed E-state index contributed by atoms with van der Waals surface area (Å²) < 4.78 is 28.1. The topological polar surface area (TPSA) is 112 Å². The van der Waals surface area contributed by atoms with Crippen molar-refractivity contribution in [3.8, 4) is 0 Å². The lowest BCUT2D eigenvalue weighted by atomic mass is 10.0. The van der Waals surface area contributed by atoms with Crippen molar-refractivity contribution in [1.29, 1.82) is 0 Å². The highest BCUT2D eigenvalue weighted by atomic mass is 32.2. The Labute approximate surface area is 179 Å². The van der Waals surface area contributed by atoms with Crippen LogP contribution in [0, 0.1) is 0 Å². The van der Waals surface area contributed by atoms with Gasteiger partial charge in [0.15, 0.2) is 0 Å². The Balaban J connectivity index is 1.75. The van der Waals surface area contributed by atoms with E-state index in [0.29, 0.717) is 33.4 Å².